The number of ether oxygens (including phenoxy) is 2. The van der Waals surface area contributed by atoms with Gasteiger partial charge in [-0.2, -0.15) is 0 Å². The molecule has 2 aromatic rings. The quantitative estimate of drug-likeness (QED) is 0.348. The van der Waals surface area contributed by atoms with Crippen molar-refractivity contribution < 1.29 is 29.0 Å². The van der Waals surface area contributed by atoms with E-state index in [4.69, 9.17) is 26.8 Å². The van der Waals surface area contributed by atoms with E-state index in [2.05, 4.69) is 5.32 Å². The van der Waals surface area contributed by atoms with Crippen molar-refractivity contribution in [3.8, 4) is 11.5 Å². The molecule has 172 valence electrons. The zero-order valence-corrected chi connectivity index (χ0v) is 19.3. The Labute approximate surface area is 196 Å². The molecule has 1 saturated heterocycles. The van der Waals surface area contributed by atoms with Crippen molar-refractivity contribution >= 4 is 46.9 Å². The Hall–Kier alpha value is -3.72. The van der Waals surface area contributed by atoms with E-state index < -0.39 is 23.9 Å². The van der Waals surface area contributed by atoms with Crippen LogP contribution in [-0.4, -0.2) is 40.7 Å². The van der Waals surface area contributed by atoms with E-state index in [1.54, 1.807) is 31.2 Å². The van der Waals surface area contributed by atoms with Gasteiger partial charge in [0.15, 0.2) is 22.7 Å². The molecule has 1 aliphatic rings. The van der Waals surface area contributed by atoms with Gasteiger partial charge in [0, 0.05) is 0 Å². The molecule has 2 aromatic carbocycles. The first-order chi connectivity index (χ1) is 15.7. The number of nitrogens with one attached hydrogen (secondary N) is 1. The largest absolute Gasteiger partial charge is 0.490 e. The summed E-state index contributed by atoms with van der Waals surface area (Å²) >= 11 is 5.24. The highest BCUT2D eigenvalue weighted by Gasteiger charge is 2.34. The van der Waals surface area contributed by atoms with Crippen molar-refractivity contribution in [3.63, 3.8) is 0 Å². The Kier molecular flexibility index (Phi) is 7.44. The molecular weight excluding hydrogens is 444 g/mol. The Morgan fingerprint density at radius 1 is 1.15 bits per heavy atom. The summed E-state index contributed by atoms with van der Waals surface area (Å²) in [6.07, 6.45) is 1.21. The Morgan fingerprint density at radius 2 is 1.85 bits per heavy atom. The number of anilines is 1. The van der Waals surface area contributed by atoms with Gasteiger partial charge < -0.3 is 14.6 Å². The molecule has 1 aliphatic heterocycles. The number of hydrogen-bond donors (Lipinski definition) is 2. The summed E-state index contributed by atoms with van der Waals surface area (Å²) in [5.74, 6) is -1.73. The highest BCUT2D eigenvalue weighted by molar-refractivity contribution is 7.80. The van der Waals surface area contributed by atoms with Gasteiger partial charge in [0.25, 0.3) is 11.8 Å². The summed E-state index contributed by atoms with van der Waals surface area (Å²) in [6.45, 7) is 5.52. The van der Waals surface area contributed by atoms with E-state index in [9.17, 15) is 14.4 Å². The molecule has 0 aromatic heterocycles. The SMILES string of the molecule is CCOc1cc(/C=C2\C(=O)NC(=S)N(c3ccc(CC)cc3)C2=O)ccc1O[C@H](C)C(=O)O. The maximum absolute atomic E-state index is 13.2. The normalized spacial score (nSPS) is 15.9. The predicted octanol–water partition coefficient (Wildman–Crippen LogP) is 3.33. The zero-order chi connectivity index (χ0) is 24.1. The van der Waals surface area contributed by atoms with E-state index >= 15 is 0 Å². The maximum atomic E-state index is 13.2. The molecule has 2 amide bonds. The van der Waals surface area contributed by atoms with Crippen LogP contribution in [0.5, 0.6) is 11.5 Å². The lowest BCUT2D eigenvalue weighted by Crippen LogP contribution is -2.54. The molecule has 1 atom stereocenters. The number of carbonyl (C=O) groups excluding carboxylic acids is 2. The third kappa shape index (κ3) is 5.38. The van der Waals surface area contributed by atoms with Crippen LogP contribution in [0.4, 0.5) is 5.69 Å². The van der Waals surface area contributed by atoms with Crippen LogP contribution >= 0.6 is 12.2 Å². The van der Waals surface area contributed by atoms with Gasteiger partial charge in [-0.3, -0.25) is 19.8 Å². The molecule has 1 fully saturated rings. The lowest BCUT2D eigenvalue weighted by Gasteiger charge is -2.29. The molecule has 0 spiro atoms. The number of hydrogen-bond acceptors (Lipinski definition) is 6. The van der Waals surface area contributed by atoms with Crippen LogP contribution < -0.4 is 19.7 Å². The van der Waals surface area contributed by atoms with Crippen molar-refractivity contribution in [3.05, 3.63) is 59.2 Å². The van der Waals surface area contributed by atoms with E-state index in [1.807, 2.05) is 19.1 Å². The van der Waals surface area contributed by atoms with Gasteiger partial charge in [0.1, 0.15) is 5.57 Å². The molecule has 0 bridgehead atoms. The summed E-state index contributed by atoms with van der Waals surface area (Å²) < 4.78 is 11.0. The number of aryl methyl sites for hydroxylation is 1. The summed E-state index contributed by atoms with van der Waals surface area (Å²) in [5, 5.41) is 11.7. The van der Waals surface area contributed by atoms with Gasteiger partial charge in [-0.25, -0.2) is 4.79 Å². The average Bonchev–Trinajstić information content (AvgIpc) is 2.78. The first-order valence-corrected chi connectivity index (χ1v) is 10.8. The topological polar surface area (TPSA) is 105 Å². The van der Waals surface area contributed by atoms with Gasteiger partial charge in [0.05, 0.1) is 12.3 Å². The van der Waals surface area contributed by atoms with E-state index in [0.717, 1.165) is 12.0 Å². The highest BCUT2D eigenvalue weighted by atomic mass is 32.1. The fourth-order valence-corrected chi connectivity index (χ4v) is 3.44. The fraction of sp³-hybridized carbons (Fsp3) is 0.250. The van der Waals surface area contributed by atoms with Crippen LogP contribution in [0.2, 0.25) is 0 Å². The van der Waals surface area contributed by atoms with Gasteiger partial charge in [0.2, 0.25) is 0 Å². The van der Waals surface area contributed by atoms with Crippen LogP contribution in [0, 0.1) is 0 Å². The van der Waals surface area contributed by atoms with Crippen molar-refractivity contribution in [2.24, 2.45) is 0 Å². The van der Waals surface area contributed by atoms with Crippen molar-refractivity contribution in [1.82, 2.24) is 5.32 Å². The molecule has 9 heteroatoms. The van der Waals surface area contributed by atoms with Gasteiger partial charge in [-0.05, 0) is 74.0 Å². The number of aliphatic carboxylic acids is 1. The van der Waals surface area contributed by atoms with Gasteiger partial charge in [-0.15, -0.1) is 0 Å². The lowest BCUT2D eigenvalue weighted by molar-refractivity contribution is -0.144. The van der Waals surface area contributed by atoms with Crippen molar-refractivity contribution in [2.75, 3.05) is 11.5 Å². The van der Waals surface area contributed by atoms with Gasteiger partial charge in [-0.1, -0.05) is 25.1 Å². The molecule has 2 N–H and O–H groups in total. The third-order valence-electron chi connectivity index (χ3n) is 4.93. The molecular formula is C24H24N2O6S. The predicted molar refractivity (Wildman–Crippen MR) is 127 cm³/mol. The molecule has 3 rings (SSSR count). The van der Waals surface area contributed by atoms with Crippen LogP contribution in [0.25, 0.3) is 6.08 Å². The Balaban J connectivity index is 1.95. The monoisotopic (exact) mass is 468 g/mol. The van der Waals surface area contributed by atoms with Crippen LogP contribution in [0.3, 0.4) is 0 Å². The van der Waals surface area contributed by atoms with Crippen LogP contribution in [0.15, 0.2) is 48.0 Å². The Morgan fingerprint density at radius 3 is 2.45 bits per heavy atom. The number of carbonyl (C=O) groups is 3. The van der Waals surface area contributed by atoms with E-state index in [-0.39, 0.29) is 16.4 Å². The van der Waals surface area contributed by atoms with E-state index in [1.165, 1.54) is 24.0 Å². The first kappa shape index (κ1) is 23.9. The summed E-state index contributed by atoms with van der Waals surface area (Å²) in [5.41, 5.74) is 2.06. The number of benzene rings is 2. The van der Waals surface area contributed by atoms with Crippen molar-refractivity contribution in [1.29, 1.82) is 0 Å². The minimum atomic E-state index is -1.11. The van der Waals surface area contributed by atoms with Crippen molar-refractivity contribution in [2.45, 2.75) is 33.3 Å². The lowest BCUT2D eigenvalue weighted by atomic mass is 10.1. The second-order valence-electron chi connectivity index (χ2n) is 7.22. The minimum absolute atomic E-state index is 0.00723. The number of carboxylic acid groups (broad SMARTS) is 1. The average molecular weight is 469 g/mol. The Bertz CT molecular complexity index is 1130. The zero-order valence-electron chi connectivity index (χ0n) is 18.5. The number of carboxylic acids is 1. The molecule has 0 aliphatic carbocycles. The minimum Gasteiger partial charge on any atom is -0.490 e. The molecule has 1 heterocycles. The summed E-state index contributed by atoms with van der Waals surface area (Å²) in [4.78, 5) is 38.1. The first-order valence-electron chi connectivity index (χ1n) is 10.4. The number of rotatable bonds is 8. The third-order valence-corrected chi connectivity index (χ3v) is 5.22. The second-order valence-corrected chi connectivity index (χ2v) is 7.60. The number of amides is 2. The molecule has 0 unspecified atom stereocenters. The van der Waals surface area contributed by atoms with Crippen LogP contribution in [0.1, 0.15) is 31.9 Å². The molecule has 8 nitrogen and oxygen atoms in total. The van der Waals surface area contributed by atoms with E-state index in [0.29, 0.717) is 23.6 Å². The highest BCUT2D eigenvalue weighted by Crippen LogP contribution is 2.31. The number of thiocarbonyl (C=S) groups is 1. The summed E-state index contributed by atoms with van der Waals surface area (Å²) in [7, 11) is 0. The van der Waals surface area contributed by atoms with Gasteiger partial charge >= 0.3 is 5.97 Å². The molecule has 0 radical (unpaired) electrons. The standard InChI is InChI=1S/C24H24N2O6S/c1-4-15-6-9-17(10-7-15)26-22(28)18(21(27)25-24(26)33)12-16-8-11-19(20(13-16)31-5-2)32-14(3)23(29)30/h6-14H,4-5H2,1-3H3,(H,29,30)(H,25,27,33)/b18-12+/t14-/m1/s1. The smallest absolute Gasteiger partial charge is 0.344 e. The fourth-order valence-electron chi connectivity index (χ4n) is 3.16. The van der Waals surface area contributed by atoms with Crippen LogP contribution in [-0.2, 0) is 20.8 Å². The molecule has 33 heavy (non-hydrogen) atoms. The maximum Gasteiger partial charge on any atom is 0.344 e. The molecule has 0 saturated carbocycles. The summed E-state index contributed by atoms with van der Waals surface area (Å²) in [6, 6.07) is 12.1. The second kappa shape index (κ2) is 10.3. The number of nitrogens with zero attached hydrogens (tertiary/aromatic N) is 1.